The van der Waals surface area contributed by atoms with Gasteiger partial charge < -0.3 is 0 Å². The molecule has 2 rings (SSSR count). The lowest BCUT2D eigenvalue weighted by molar-refractivity contribution is 0.700. The van der Waals surface area contributed by atoms with Crippen molar-refractivity contribution in [3.05, 3.63) is 70.2 Å². The third-order valence-corrected chi connectivity index (χ3v) is 3.29. The normalized spacial score (nSPS) is 12.2. The van der Waals surface area contributed by atoms with E-state index < -0.39 is 11.7 Å². The van der Waals surface area contributed by atoms with Gasteiger partial charge in [0.25, 0.3) is 0 Å². The molecule has 20 heavy (non-hydrogen) atoms. The fourth-order valence-corrected chi connectivity index (χ4v) is 2.08. The minimum atomic E-state index is -0.870. The molecular formula is C17H15ClF2. The molecule has 0 heterocycles. The van der Waals surface area contributed by atoms with Crippen molar-refractivity contribution in [2.24, 2.45) is 0 Å². The van der Waals surface area contributed by atoms with Gasteiger partial charge in [0.2, 0.25) is 0 Å². The van der Waals surface area contributed by atoms with E-state index in [9.17, 15) is 8.78 Å². The van der Waals surface area contributed by atoms with Crippen LogP contribution in [0.25, 0.3) is 11.7 Å². The fourth-order valence-electron chi connectivity index (χ4n) is 1.96. The van der Waals surface area contributed by atoms with Gasteiger partial charge in [0, 0.05) is 16.1 Å². The van der Waals surface area contributed by atoms with Crippen molar-refractivity contribution >= 4 is 23.3 Å². The molecule has 0 saturated carbocycles. The van der Waals surface area contributed by atoms with E-state index in [2.05, 4.69) is 6.92 Å². The molecule has 2 aromatic carbocycles. The molecule has 0 aromatic heterocycles. The molecule has 0 spiro atoms. The highest BCUT2D eigenvalue weighted by atomic mass is 35.5. The van der Waals surface area contributed by atoms with E-state index in [4.69, 9.17) is 11.6 Å². The van der Waals surface area contributed by atoms with Gasteiger partial charge in [-0.3, -0.25) is 0 Å². The first-order valence-corrected chi connectivity index (χ1v) is 6.90. The van der Waals surface area contributed by atoms with Gasteiger partial charge in [0.05, 0.1) is 0 Å². The molecule has 2 aromatic rings. The zero-order chi connectivity index (χ0) is 14.5. The van der Waals surface area contributed by atoms with Crippen LogP contribution in [-0.2, 0) is 6.42 Å². The van der Waals surface area contributed by atoms with Crippen molar-refractivity contribution in [2.75, 3.05) is 0 Å². The average Bonchev–Trinajstić information content (AvgIpc) is 2.48. The van der Waals surface area contributed by atoms with Crippen LogP contribution < -0.4 is 0 Å². The van der Waals surface area contributed by atoms with Crippen LogP contribution in [0, 0.1) is 0 Å². The number of benzene rings is 2. The second-order valence-electron chi connectivity index (χ2n) is 4.58. The van der Waals surface area contributed by atoms with Crippen LogP contribution in [0.1, 0.15) is 30.0 Å². The molecule has 0 nitrogen and oxygen atoms in total. The molecule has 0 aliphatic heterocycles. The van der Waals surface area contributed by atoms with Crippen LogP contribution >= 0.6 is 11.6 Å². The quantitative estimate of drug-likeness (QED) is 0.601. The Morgan fingerprint density at radius 1 is 0.850 bits per heavy atom. The molecule has 0 aliphatic carbocycles. The molecule has 0 aliphatic rings. The van der Waals surface area contributed by atoms with Crippen LogP contribution in [0.5, 0.6) is 0 Å². The van der Waals surface area contributed by atoms with Crippen LogP contribution in [0.4, 0.5) is 8.78 Å². The Hall–Kier alpha value is -1.67. The predicted molar refractivity (Wildman–Crippen MR) is 80.9 cm³/mol. The molecule has 0 saturated heterocycles. The lowest BCUT2D eigenvalue weighted by Crippen LogP contribution is -1.87. The van der Waals surface area contributed by atoms with E-state index in [0.29, 0.717) is 5.02 Å². The van der Waals surface area contributed by atoms with E-state index in [1.807, 2.05) is 12.1 Å². The van der Waals surface area contributed by atoms with E-state index in [1.165, 1.54) is 24.3 Å². The molecule has 0 radical (unpaired) electrons. The summed E-state index contributed by atoms with van der Waals surface area (Å²) in [5.41, 5.74) is 1.55. The van der Waals surface area contributed by atoms with Gasteiger partial charge in [0.15, 0.2) is 11.7 Å². The van der Waals surface area contributed by atoms with Crippen molar-refractivity contribution in [1.82, 2.24) is 0 Å². The zero-order valence-corrected chi connectivity index (χ0v) is 11.9. The standard InChI is InChI=1S/C17H15ClF2/c1-2-3-12-4-6-13(7-5-12)16(19)17(20)14-8-10-15(18)11-9-14/h4-11H,2-3H2,1H3. The summed E-state index contributed by atoms with van der Waals surface area (Å²) in [5, 5.41) is 0.492. The lowest BCUT2D eigenvalue weighted by Gasteiger charge is -2.04. The first kappa shape index (κ1) is 14.7. The van der Waals surface area contributed by atoms with Gasteiger partial charge in [-0.25, -0.2) is 8.78 Å². The maximum absolute atomic E-state index is 14.1. The molecule has 3 heteroatoms. The van der Waals surface area contributed by atoms with Gasteiger partial charge in [-0.15, -0.1) is 0 Å². The van der Waals surface area contributed by atoms with Gasteiger partial charge in [0.1, 0.15) is 0 Å². The summed E-state index contributed by atoms with van der Waals surface area (Å²) in [6.45, 7) is 2.08. The van der Waals surface area contributed by atoms with Crippen molar-refractivity contribution in [1.29, 1.82) is 0 Å². The van der Waals surface area contributed by atoms with Crippen LogP contribution in [0.3, 0.4) is 0 Å². The number of rotatable bonds is 4. The summed E-state index contributed by atoms with van der Waals surface area (Å²) in [4.78, 5) is 0. The molecule has 0 amide bonds. The fraction of sp³-hybridized carbons (Fsp3) is 0.176. The van der Waals surface area contributed by atoms with Crippen LogP contribution in [-0.4, -0.2) is 0 Å². The number of halogens is 3. The Morgan fingerprint density at radius 3 is 1.75 bits per heavy atom. The van der Waals surface area contributed by atoms with Crippen molar-refractivity contribution in [3.63, 3.8) is 0 Å². The molecule has 104 valence electrons. The molecule has 0 fully saturated rings. The molecule has 0 atom stereocenters. The van der Waals surface area contributed by atoms with Gasteiger partial charge in [-0.05, 0) is 24.1 Å². The van der Waals surface area contributed by atoms with E-state index in [1.54, 1.807) is 12.1 Å². The average molecular weight is 293 g/mol. The smallest absolute Gasteiger partial charge is 0.166 e. The van der Waals surface area contributed by atoms with E-state index in [-0.39, 0.29) is 11.1 Å². The summed E-state index contributed by atoms with van der Waals surface area (Å²) in [7, 11) is 0. The summed E-state index contributed by atoms with van der Waals surface area (Å²) in [5.74, 6) is -1.72. The summed E-state index contributed by atoms with van der Waals surface area (Å²) in [6.07, 6.45) is 1.96. The summed E-state index contributed by atoms with van der Waals surface area (Å²) >= 11 is 5.73. The van der Waals surface area contributed by atoms with Crippen molar-refractivity contribution in [2.45, 2.75) is 19.8 Å². The molecule has 0 unspecified atom stereocenters. The maximum Gasteiger partial charge on any atom is 0.166 e. The topological polar surface area (TPSA) is 0 Å². The first-order valence-electron chi connectivity index (χ1n) is 6.52. The monoisotopic (exact) mass is 292 g/mol. The Labute approximate surface area is 122 Å². The maximum atomic E-state index is 14.1. The highest BCUT2D eigenvalue weighted by molar-refractivity contribution is 6.30. The number of hydrogen-bond acceptors (Lipinski definition) is 0. The van der Waals surface area contributed by atoms with E-state index >= 15 is 0 Å². The Bertz CT molecular complexity index is 598. The minimum absolute atomic E-state index is 0.185. The van der Waals surface area contributed by atoms with Gasteiger partial charge in [-0.1, -0.05) is 61.3 Å². The second kappa shape index (κ2) is 6.67. The van der Waals surface area contributed by atoms with Crippen LogP contribution in [0.2, 0.25) is 5.02 Å². The lowest BCUT2D eigenvalue weighted by atomic mass is 10.1. The largest absolute Gasteiger partial charge is 0.203 e. The van der Waals surface area contributed by atoms with Gasteiger partial charge in [-0.2, -0.15) is 0 Å². The highest BCUT2D eigenvalue weighted by Crippen LogP contribution is 2.29. The summed E-state index contributed by atoms with van der Waals surface area (Å²) in [6, 6.07) is 12.9. The Balaban J connectivity index is 2.30. The minimum Gasteiger partial charge on any atom is -0.203 e. The molecule has 0 N–H and O–H groups in total. The zero-order valence-electron chi connectivity index (χ0n) is 11.2. The summed E-state index contributed by atoms with van der Waals surface area (Å²) < 4.78 is 28.2. The number of hydrogen-bond donors (Lipinski definition) is 0. The SMILES string of the molecule is CCCc1ccc(C(F)=C(F)c2ccc(Cl)cc2)cc1. The molecule has 0 bridgehead atoms. The van der Waals surface area contributed by atoms with Crippen molar-refractivity contribution in [3.8, 4) is 0 Å². The Morgan fingerprint density at radius 2 is 1.30 bits per heavy atom. The van der Waals surface area contributed by atoms with E-state index in [0.717, 1.165) is 18.4 Å². The Kier molecular flexibility index (Phi) is 4.91. The van der Waals surface area contributed by atoms with Gasteiger partial charge >= 0.3 is 0 Å². The highest BCUT2D eigenvalue weighted by Gasteiger charge is 2.11. The second-order valence-corrected chi connectivity index (χ2v) is 5.02. The third-order valence-electron chi connectivity index (χ3n) is 3.04. The van der Waals surface area contributed by atoms with Crippen LogP contribution in [0.15, 0.2) is 48.5 Å². The number of aryl methyl sites for hydroxylation is 1. The predicted octanol–water partition coefficient (Wildman–Crippen LogP) is 6.06. The third kappa shape index (κ3) is 3.45. The van der Waals surface area contributed by atoms with Crippen molar-refractivity contribution < 1.29 is 8.78 Å². The first-order chi connectivity index (χ1) is 9.61. The molecular weight excluding hydrogens is 278 g/mol.